The van der Waals surface area contributed by atoms with E-state index in [9.17, 15) is 84.5 Å². The van der Waals surface area contributed by atoms with Gasteiger partial charge < -0.3 is 9.90 Å². The Balaban J connectivity index is 6.94. The molecule has 1 unspecified atom stereocenters. The Morgan fingerprint density at radius 1 is 0.625 bits per heavy atom. The van der Waals surface area contributed by atoms with Crippen LogP contribution in [0.5, 0.6) is 0 Å². The van der Waals surface area contributed by atoms with Gasteiger partial charge in [0.05, 0.1) is 5.97 Å². The minimum Gasteiger partial charge on any atom is -0.545 e. The maximum Gasteiger partial charge on any atom is 0.385 e. The first-order valence-corrected chi connectivity index (χ1v) is 7.12. The molecule has 32 heavy (non-hydrogen) atoms. The Bertz CT molecular complexity index is 752. The zero-order valence-electron chi connectivity index (χ0n) is 14.5. The van der Waals surface area contributed by atoms with Crippen LogP contribution in [0.2, 0.25) is 0 Å². The summed E-state index contributed by atoms with van der Waals surface area (Å²) in [4.78, 5) is 10.1. The van der Waals surface area contributed by atoms with E-state index in [4.69, 9.17) is 0 Å². The van der Waals surface area contributed by atoms with E-state index < -0.39 is 72.0 Å². The fraction of sp³-hybridized carbons (Fsp3) is 0.769. The lowest BCUT2D eigenvalue weighted by atomic mass is 9.86. The van der Waals surface area contributed by atoms with Crippen molar-refractivity contribution >= 4 is 5.97 Å². The molecule has 0 bridgehead atoms. The Hall–Kier alpha value is -1.98. The van der Waals surface area contributed by atoms with Crippen LogP contribution in [0.25, 0.3) is 0 Å². The van der Waals surface area contributed by atoms with Crippen molar-refractivity contribution in [3.05, 3.63) is 12.2 Å². The van der Waals surface area contributed by atoms with E-state index in [1.54, 1.807) is 0 Å². The Morgan fingerprint density at radius 3 is 1.12 bits per heavy atom. The summed E-state index contributed by atoms with van der Waals surface area (Å²) in [5.41, 5.74) is -3.48. The number of carboxylic acid groups (broad SMARTS) is 1. The van der Waals surface area contributed by atoms with E-state index in [0.717, 1.165) is 0 Å². The average Bonchev–Trinajstić information content (AvgIpc) is 2.59. The fourth-order valence-electron chi connectivity index (χ4n) is 1.76. The number of carbonyl (C=O) groups is 1. The molecule has 0 N–H and O–H groups in total. The number of hydrogen-bond acceptors (Lipinski definition) is 2. The average molecular weight is 517 g/mol. The highest BCUT2D eigenvalue weighted by Gasteiger charge is 2.95. The third-order valence-electron chi connectivity index (χ3n) is 3.91. The SMILES string of the molecule is C=C(C(=O)[O-])C(F)(F)C(F)(F)C(F)(F)C(F)(F)C(F)(F)C(F)(F)C(F)(F)C(F)(F)C(C)F. The van der Waals surface area contributed by atoms with Gasteiger partial charge in [-0.25, -0.2) is 4.39 Å². The highest BCUT2D eigenvalue weighted by molar-refractivity contribution is 5.86. The molecule has 0 rings (SSSR count). The number of aliphatic carboxylic acids is 1. The van der Waals surface area contributed by atoms with Crippen molar-refractivity contribution < 1.29 is 84.5 Å². The molecule has 0 aliphatic rings. The quantitative estimate of drug-likeness (QED) is 0.311. The zero-order valence-corrected chi connectivity index (χ0v) is 14.5. The van der Waals surface area contributed by atoms with Crippen molar-refractivity contribution in [3.63, 3.8) is 0 Å². The van der Waals surface area contributed by atoms with E-state index in [1.807, 2.05) is 0 Å². The van der Waals surface area contributed by atoms with E-state index in [2.05, 4.69) is 0 Å². The molecular formula is C13H6F17O2-. The first kappa shape index (κ1) is 30.0. The molecule has 0 aromatic rings. The molecule has 0 fully saturated rings. The molecule has 0 aromatic heterocycles. The van der Waals surface area contributed by atoms with Crippen LogP contribution in [0.15, 0.2) is 12.2 Å². The standard InChI is InChI=1S/C13H7F17O2/c1-3(5(31)32)6(15,16)8(19,20)10(23,24)12(27,28)13(29,30)11(25,26)9(21,22)7(17,18)4(2)14/h4H,1H2,2H3,(H,31,32)/p-1. The molecule has 0 saturated heterocycles. The number of alkyl halides is 17. The summed E-state index contributed by atoms with van der Waals surface area (Å²) in [6, 6.07) is 0. The predicted octanol–water partition coefficient (Wildman–Crippen LogP) is 4.73. The number of carboxylic acids is 1. The number of rotatable bonds is 10. The summed E-state index contributed by atoms with van der Waals surface area (Å²) in [6.07, 6.45) is -4.55. The van der Waals surface area contributed by atoms with Crippen LogP contribution >= 0.6 is 0 Å². The highest BCUT2D eigenvalue weighted by Crippen LogP contribution is 2.64. The summed E-state index contributed by atoms with van der Waals surface area (Å²) in [7, 11) is 0. The molecule has 2 nitrogen and oxygen atoms in total. The van der Waals surface area contributed by atoms with Crippen molar-refractivity contribution in [1.82, 2.24) is 0 Å². The molecule has 0 spiro atoms. The van der Waals surface area contributed by atoms with Crippen LogP contribution in [0.1, 0.15) is 6.92 Å². The fourth-order valence-corrected chi connectivity index (χ4v) is 1.76. The number of halogens is 17. The third kappa shape index (κ3) is 3.45. The maximum absolute atomic E-state index is 13.4. The van der Waals surface area contributed by atoms with Gasteiger partial charge in [-0.05, 0) is 6.92 Å². The lowest BCUT2D eigenvalue weighted by molar-refractivity contribution is -0.453. The van der Waals surface area contributed by atoms with Crippen molar-refractivity contribution in [1.29, 1.82) is 0 Å². The van der Waals surface area contributed by atoms with Crippen molar-refractivity contribution in [2.24, 2.45) is 0 Å². The first-order valence-electron chi connectivity index (χ1n) is 7.12. The molecule has 0 saturated carbocycles. The predicted molar refractivity (Wildman–Crippen MR) is 64.3 cm³/mol. The van der Waals surface area contributed by atoms with Gasteiger partial charge >= 0.3 is 47.4 Å². The smallest absolute Gasteiger partial charge is 0.385 e. The summed E-state index contributed by atoms with van der Waals surface area (Å²) in [5.74, 6) is -68.3. The second kappa shape index (κ2) is 7.53. The first-order chi connectivity index (χ1) is 13.5. The third-order valence-corrected chi connectivity index (χ3v) is 3.91. The lowest BCUT2D eigenvalue weighted by Crippen LogP contribution is -2.75. The summed E-state index contributed by atoms with van der Waals surface area (Å²) < 4.78 is 225. The minimum absolute atomic E-state index is 0.699. The van der Waals surface area contributed by atoms with Gasteiger partial charge in [0.1, 0.15) is 0 Å². The van der Waals surface area contributed by atoms with Gasteiger partial charge in [0.2, 0.25) is 0 Å². The second-order valence-electron chi connectivity index (χ2n) is 6.03. The molecule has 0 amide bonds. The molecule has 190 valence electrons. The monoisotopic (exact) mass is 517 g/mol. The van der Waals surface area contributed by atoms with E-state index in [0.29, 0.717) is 0 Å². The van der Waals surface area contributed by atoms with Crippen LogP contribution in [0, 0.1) is 0 Å². The Morgan fingerprint density at radius 2 is 0.875 bits per heavy atom. The molecule has 0 heterocycles. The zero-order chi connectivity index (χ0) is 26.7. The van der Waals surface area contributed by atoms with Crippen LogP contribution in [0.4, 0.5) is 74.6 Å². The molecule has 0 aromatic carbocycles. The van der Waals surface area contributed by atoms with Gasteiger partial charge in [-0.2, -0.15) is 70.2 Å². The lowest BCUT2D eigenvalue weighted by Gasteiger charge is -2.44. The summed E-state index contributed by atoms with van der Waals surface area (Å²) in [5, 5.41) is 10.1. The van der Waals surface area contributed by atoms with Gasteiger partial charge in [-0.3, -0.25) is 0 Å². The largest absolute Gasteiger partial charge is 0.545 e. The molecule has 0 aliphatic heterocycles. The second-order valence-corrected chi connectivity index (χ2v) is 6.03. The summed E-state index contributed by atoms with van der Waals surface area (Å²) >= 11 is 0. The Kier molecular flexibility index (Phi) is 7.06. The number of carbonyl (C=O) groups excluding carboxylic acids is 1. The molecule has 1 atom stereocenters. The van der Waals surface area contributed by atoms with Crippen LogP contribution in [-0.2, 0) is 4.79 Å². The number of hydrogen-bond donors (Lipinski definition) is 0. The van der Waals surface area contributed by atoms with Crippen LogP contribution in [-0.4, -0.2) is 59.5 Å². The van der Waals surface area contributed by atoms with E-state index >= 15 is 0 Å². The van der Waals surface area contributed by atoms with E-state index in [1.165, 1.54) is 6.58 Å². The van der Waals surface area contributed by atoms with Crippen molar-refractivity contribution in [2.75, 3.05) is 0 Å². The van der Waals surface area contributed by atoms with Gasteiger partial charge in [-0.15, -0.1) is 0 Å². The molecule has 19 heteroatoms. The van der Waals surface area contributed by atoms with Gasteiger partial charge in [0.25, 0.3) is 0 Å². The Labute approximate surface area is 164 Å². The van der Waals surface area contributed by atoms with Crippen LogP contribution in [0.3, 0.4) is 0 Å². The van der Waals surface area contributed by atoms with Crippen molar-refractivity contribution in [2.45, 2.75) is 60.5 Å². The van der Waals surface area contributed by atoms with E-state index in [-0.39, 0.29) is 0 Å². The van der Waals surface area contributed by atoms with Gasteiger partial charge in [-0.1, -0.05) is 6.58 Å². The van der Waals surface area contributed by atoms with Gasteiger partial charge in [0.15, 0.2) is 6.17 Å². The minimum atomic E-state index is -8.73. The van der Waals surface area contributed by atoms with Crippen molar-refractivity contribution in [3.8, 4) is 0 Å². The van der Waals surface area contributed by atoms with Crippen LogP contribution < -0.4 is 5.11 Å². The molecule has 0 radical (unpaired) electrons. The molecule has 0 aliphatic carbocycles. The topological polar surface area (TPSA) is 40.1 Å². The summed E-state index contributed by atoms with van der Waals surface area (Å²) in [6.45, 7) is 0.824. The highest BCUT2D eigenvalue weighted by atomic mass is 19.4. The molecular weight excluding hydrogens is 511 g/mol. The normalized spacial score (nSPS) is 16.7. The maximum atomic E-state index is 13.4. The van der Waals surface area contributed by atoms with Gasteiger partial charge in [0, 0.05) is 5.57 Å².